The molecule has 0 bridgehead atoms. The highest BCUT2D eigenvalue weighted by Crippen LogP contribution is 2.00. The molecule has 0 aliphatic rings. The number of rotatable bonds is 54. The van der Waals surface area contributed by atoms with E-state index in [1.165, 1.54) is 14.2 Å². The minimum atomic E-state index is -0.359. The third-order valence-electron chi connectivity index (χ3n) is 15.7. The summed E-state index contributed by atoms with van der Waals surface area (Å²) >= 11 is 0. The van der Waals surface area contributed by atoms with Gasteiger partial charge in [0.15, 0.2) is 0 Å². The van der Waals surface area contributed by atoms with Crippen LogP contribution in [-0.2, 0) is 95.4 Å². The fourth-order valence-corrected chi connectivity index (χ4v) is 8.59. The Morgan fingerprint density at radius 2 is 0.669 bits per heavy atom. The summed E-state index contributed by atoms with van der Waals surface area (Å²) in [6.45, 7) is 70.9. The lowest BCUT2D eigenvalue weighted by Crippen LogP contribution is -2.28. The second-order valence-electron chi connectivity index (χ2n) is 29.1. The lowest BCUT2D eigenvalue weighted by molar-refractivity contribution is -0.144. The van der Waals surface area contributed by atoms with Crippen molar-refractivity contribution >= 4 is 64.9 Å². The number of nitrogens with zero attached hydrogens (tertiary/aromatic N) is 12. The summed E-state index contributed by atoms with van der Waals surface area (Å²) in [6, 6.07) is 0. The highest BCUT2D eigenvalue weighted by Gasteiger charge is 2.10. The molecule has 0 N–H and O–H groups in total. The quantitative estimate of drug-likeness (QED) is 0.0180. The standard InChI is InChI=1S/C11H21NO2.C11H23NO2.C9H19NO2.C9H19NO.C8H15NO2.C8H17NO.C7H13NO2.C7H15NO.2C6H13NO2.C5H11NO2.C5H11NO/c1-4-12(5-2)8-6-7-9-14-11-10-13-3;1-4-8-12(9-5-2)10-7-11(13)14-6-3;1-4-10(5-2)8-7-9(11)12-6-3;1-4-10(5-2)8-6-7-9(3)11;1-7(2)8(10)11-6-5-9(3)4;1-4-9(5-2)7-6-8(3)10;1-4-7(9)10-6-5-8(2)3;1-4-8(5-2)6-7(3)9;1-7(2)5-4-6(8)9-3;1-4-9-6(8)5-7(2)3;1-6(2)4-5(7)8-3;1-5(7)4-6(2)3/h4-5,8-11H2,1-3H3;4-10H2,1-3H3;4-8H2,1-3H3;4-8H2,1-3H3;1,5-6H2,2-4H3;4-7H2,1-3H3;4H,1,5-6H2,2-3H3;4-6H2,1-3H3;2*4-5H2,1-3H3;4H2,1-3H3;4H2,1-3H3. The number of methoxy groups -OCH3 is 3. The molecule has 0 saturated heterocycles. The summed E-state index contributed by atoms with van der Waals surface area (Å²) in [5.74, 6) is 5.74. The van der Waals surface area contributed by atoms with E-state index < -0.39 is 0 Å². The lowest BCUT2D eigenvalue weighted by Gasteiger charge is -2.19. The van der Waals surface area contributed by atoms with Crippen LogP contribution in [0.15, 0.2) is 24.8 Å². The maximum Gasteiger partial charge on any atom is 0.333 e. The minimum Gasteiger partial charge on any atom is -0.469 e. The molecule has 0 aliphatic heterocycles. The molecule has 0 atom stereocenters. The minimum absolute atomic E-state index is 0.0790. The lowest BCUT2D eigenvalue weighted by atomic mass is 10.2. The maximum absolute atomic E-state index is 11.1. The Hall–Kier alpha value is -6.55. The van der Waals surface area contributed by atoms with Crippen LogP contribution < -0.4 is 0 Å². The van der Waals surface area contributed by atoms with Crippen LogP contribution in [0.5, 0.6) is 0 Å². The monoisotopic (exact) mass is 1780 g/mol. The Labute approximate surface area is 758 Å². The highest BCUT2D eigenvalue weighted by atomic mass is 16.6. The predicted molar refractivity (Wildman–Crippen MR) is 509 cm³/mol. The van der Waals surface area contributed by atoms with Crippen molar-refractivity contribution < 1.29 is 95.4 Å². The number of ketones is 4. The first kappa shape index (κ1) is 143. The molecule has 0 heterocycles. The van der Waals surface area contributed by atoms with Crippen molar-refractivity contribution in [3.05, 3.63) is 24.8 Å². The van der Waals surface area contributed by atoms with E-state index in [0.29, 0.717) is 116 Å². The smallest absolute Gasteiger partial charge is 0.333 e. The molecule has 0 saturated carbocycles. The zero-order valence-electron chi connectivity index (χ0n) is 85.8. The number of likely N-dealkylation sites (N-methyl/N-ethyl adjacent to an activating group) is 6. The maximum atomic E-state index is 11.1. The van der Waals surface area contributed by atoms with E-state index in [1.54, 1.807) is 58.5 Å². The SMILES string of the molecule is C=C(C)C(=O)OCCN(C)C.C=CC(=O)OCCN(C)C.CC(=O)CN(C)C.CCCN(CCC)CCC(=O)OCC.CCN(CC)CC#CCOCCOC.CCN(CC)CC(C)=O.CCN(CC)CCC(C)=O.CCN(CC)CCCC(C)=O.CCOC(=O)CCN(CC)CC.CCOC(=O)CN(C)C.COC(=O)CCN(C)C.COC(=O)CN(C)C. The zero-order chi connectivity index (χ0) is 98.6. The van der Waals surface area contributed by atoms with Crippen molar-refractivity contribution in [1.29, 1.82) is 0 Å². The fourth-order valence-electron chi connectivity index (χ4n) is 8.59. The van der Waals surface area contributed by atoms with Crippen molar-refractivity contribution in [3.8, 4) is 11.8 Å². The third kappa shape index (κ3) is 147. The molecular weight excluding hydrogens is 1590 g/mol. The normalized spacial score (nSPS) is 10.1. The highest BCUT2D eigenvalue weighted by molar-refractivity contribution is 5.87. The van der Waals surface area contributed by atoms with Crippen LogP contribution in [-0.4, -0.2) is 440 Å². The number of hydrogen-bond acceptors (Lipinski definition) is 32. The van der Waals surface area contributed by atoms with E-state index in [0.717, 1.165) is 163 Å². The van der Waals surface area contributed by atoms with Crippen LogP contribution in [0.1, 0.15) is 190 Å². The van der Waals surface area contributed by atoms with E-state index in [-0.39, 0.29) is 59.1 Å². The van der Waals surface area contributed by atoms with Gasteiger partial charge in [0.05, 0.1) is 99.2 Å². The first-order valence-corrected chi connectivity index (χ1v) is 44.2. The van der Waals surface area contributed by atoms with Crippen molar-refractivity contribution in [2.75, 3.05) is 316 Å². The molecule has 32 heteroatoms. The van der Waals surface area contributed by atoms with Crippen LogP contribution in [0.2, 0.25) is 0 Å². The molecule has 0 aromatic carbocycles. The number of Topliss-reactive ketones (excluding diaryl/α,β-unsaturated/α-hetero) is 4. The second kappa shape index (κ2) is 113. The average molecular weight is 1780 g/mol. The Morgan fingerprint density at radius 1 is 0.315 bits per heavy atom. The summed E-state index contributed by atoms with van der Waals surface area (Å²) in [5, 5.41) is 0. The Bertz CT molecular complexity index is 2530. The van der Waals surface area contributed by atoms with E-state index in [4.69, 9.17) is 28.4 Å². The van der Waals surface area contributed by atoms with Gasteiger partial charge in [0.2, 0.25) is 0 Å². The topological polar surface area (TPSA) is 310 Å². The van der Waals surface area contributed by atoms with Gasteiger partial charge in [-0.05, 0) is 244 Å². The van der Waals surface area contributed by atoms with Crippen LogP contribution >= 0.6 is 0 Å². The van der Waals surface area contributed by atoms with Crippen molar-refractivity contribution in [2.24, 2.45) is 0 Å². The molecule has 0 radical (unpaired) electrons. The number of esters is 7. The molecule has 0 aromatic heterocycles. The van der Waals surface area contributed by atoms with Crippen molar-refractivity contribution in [1.82, 2.24) is 58.8 Å². The Morgan fingerprint density at radius 3 is 0.968 bits per heavy atom. The number of ether oxygens (including phenoxy) is 9. The van der Waals surface area contributed by atoms with Gasteiger partial charge in [0.1, 0.15) is 43.0 Å². The first-order valence-electron chi connectivity index (χ1n) is 44.2. The van der Waals surface area contributed by atoms with Gasteiger partial charge in [-0.15, -0.1) is 0 Å². The Kier molecular flexibility index (Phi) is 130. The van der Waals surface area contributed by atoms with Gasteiger partial charge < -0.3 is 86.6 Å². The molecule has 0 spiro atoms. The van der Waals surface area contributed by atoms with Gasteiger partial charge in [-0.1, -0.05) is 108 Å². The van der Waals surface area contributed by atoms with Crippen LogP contribution in [0.4, 0.5) is 0 Å². The number of carbonyl (C=O) groups excluding carboxylic acids is 11. The zero-order valence-corrected chi connectivity index (χ0v) is 85.8. The van der Waals surface area contributed by atoms with E-state index in [9.17, 15) is 52.7 Å². The predicted octanol–water partition coefficient (Wildman–Crippen LogP) is 9.28. The molecule has 738 valence electrons. The summed E-state index contributed by atoms with van der Waals surface area (Å²) in [7, 11) is 27.0. The number of carbonyl (C=O) groups is 11. The molecule has 124 heavy (non-hydrogen) atoms. The second-order valence-corrected chi connectivity index (χ2v) is 29.1. The van der Waals surface area contributed by atoms with Gasteiger partial charge in [-0.3, -0.25) is 58.0 Å². The summed E-state index contributed by atoms with van der Waals surface area (Å²) in [4.78, 5) is 141. The summed E-state index contributed by atoms with van der Waals surface area (Å²) in [6.07, 6.45) is 7.39. The van der Waals surface area contributed by atoms with Gasteiger partial charge in [0, 0.05) is 70.9 Å². The molecule has 0 fully saturated rings. The van der Waals surface area contributed by atoms with Crippen LogP contribution in [0.3, 0.4) is 0 Å². The van der Waals surface area contributed by atoms with Gasteiger partial charge in [-0.2, -0.15) is 0 Å². The molecule has 0 aliphatic carbocycles. The molecule has 0 amide bonds. The molecular formula is C92H190N12O20. The van der Waals surface area contributed by atoms with E-state index in [1.807, 2.05) is 118 Å². The molecule has 32 nitrogen and oxygen atoms in total. The van der Waals surface area contributed by atoms with E-state index >= 15 is 0 Å². The van der Waals surface area contributed by atoms with E-state index in [2.05, 4.69) is 152 Å². The molecule has 0 unspecified atom stereocenters. The Balaban J connectivity index is -0.000000111. The molecule has 0 aromatic rings. The fraction of sp³-hybridized carbons (Fsp3) is 0.815. The van der Waals surface area contributed by atoms with Crippen molar-refractivity contribution in [2.45, 2.75) is 190 Å². The number of hydrogen-bond donors (Lipinski definition) is 0. The van der Waals surface area contributed by atoms with Gasteiger partial charge in [-0.25, -0.2) is 9.59 Å². The van der Waals surface area contributed by atoms with Crippen LogP contribution in [0.25, 0.3) is 0 Å². The van der Waals surface area contributed by atoms with Crippen LogP contribution in [0, 0.1) is 11.8 Å². The average Bonchev–Trinajstić information content (AvgIpc) is 0.981. The first-order chi connectivity index (χ1) is 58.2. The van der Waals surface area contributed by atoms with Gasteiger partial charge in [0.25, 0.3) is 0 Å². The van der Waals surface area contributed by atoms with Gasteiger partial charge >= 0.3 is 41.8 Å². The largest absolute Gasteiger partial charge is 0.469 e. The van der Waals surface area contributed by atoms with Crippen molar-refractivity contribution in [3.63, 3.8) is 0 Å². The summed E-state index contributed by atoms with van der Waals surface area (Å²) in [5.41, 5.74) is 0.448. The third-order valence-corrected chi connectivity index (χ3v) is 15.7. The molecule has 0 rings (SSSR count). The summed E-state index contributed by atoms with van der Waals surface area (Å²) < 4.78 is 42.8.